The third-order valence-electron chi connectivity index (χ3n) is 2.48. The maximum atomic E-state index is 11.5. The van der Waals surface area contributed by atoms with Crippen LogP contribution in [-0.4, -0.2) is 30.7 Å². The van der Waals surface area contributed by atoms with Crippen LogP contribution in [0.25, 0.3) is 6.08 Å². The Balaban J connectivity index is 2.90. The van der Waals surface area contributed by atoms with E-state index < -0.39 is 5.97 Å². The topological polar surface area (TPSA) is 75.6 Å². The summed E-state index contributed by atoms with van der Waals surface area (Å²) in [6.45, 7) is 1.97. The van der Waals surface area contributed by atoms with Crippen molar-refractivity contribution in [3.8, 4) is 0 Å². The number of hydrogen-bond acceptors (Lipinski definition) is 3. The second kappa shape index (κ2) is 7.33. The number of rotatable bonds is 6. The van der Waals surface area contributed by atoms with E-state index in [4.69, 9.17) is 9.84 Å². The minimum absolute atomic E-state index is 0.00379. The van der Waals surface area contributed by atoms with Crippen molar-refractivity contribution in [1.29, 1.82) is 0 Å². The number of nitrogens with one attached hydrogen (secondary N) is 1. The van der Waals surface area contributed by atoms with Gasteiger partial charge in [0.25, 0.3) is 0 Å². The highest BCUT2D eigenvalue weighted by Gasteiger charge is 2.06. The number of carbonyl (C=O) groups is 2. The molecule has 19 heavy (non-hydrogen) atoms. The summed E-state index contributed by atoms with van der Waals surface area (Å²) < 4.78 is 4.75. The standard InChI is InChI=1S/C14H17NO4/c1-3-11-8-10(5-7-14(17)18)4-6-12(11)15-13(16)9-19-2/h4-8H,3,9H2,1-2H3,(H,15,16)(H,17,18)/b7-5+. The zero-order valence-corrected chi connectivity index (χ0v) is 11.0. The van der Waals surface area contributed by atoms with Gasteiger partial charge in [-0.15, -0.1) is 0 Å². The van der Waals surface area contributed by atoms with Gasteiger partial charge in [0.15, 0.2) is 0 Å². The first-order valence-corrected chi connectivity index (χ1v) is 5.89. The van der Waals surface area contributed by atoms with E-state index in [2.05, 4.69) is 5.32 Å². The zero-order chi connectivity index (χ0) is 14.3. The lowest BCUT2D eigenvalue weighted by atomic mass is 10.1. The Hall–Kier alpha value is -2.14. The van der Waals surface area contributed by atoms with E-state index in [0.717, 1.165) is 29.3 Å². The maximum absolute atomic E-state index is 11.5. The molecule has 5 nitrogen and oxygen atoms in total. The van der Waals surface area contributed by atoms with Gasteiger partial charge in [0.2, 0.25) is 5.91 Å². The van der Waals surface area contributed by atoms with Crippen LogP contribution in [0.2, 0.25) is 0 Å². The zero-order valence-electron chi connectivity index (χ0n) is 11.0. The van der Waals surface area contributed by atoms with Crippen LogP contribution in [0.15, 0.2) is 24.3 Å². The number of benzene rings is 1. The lowest BCUT2D eigenvalue weighted by Gasteiger charge is -2.10. The lowest BCUT2D eigenvalue weighted by molar-refractivity contribution is -0.131. The number of methoxy groups -OCH3 is 1. The smallest absolute Gasteiger partial charge is 0.328 e. The molecule has 0 saturated heterocycles. The van der Waals surface area contributed by atoms with Crippen LogP contribution in [0, 0.1) is 0 Å². The fraction of sp³-hybridized carbons (Fsp3) is 0.286. The minimum Gasteiger partial charge on any atom is -0.478 e. The molecule has 0 aromatic heterocycles. The van der Waals surface area contributed by atoms with Crippen LogP contribution in [0.3, 0.4) is 0 Å². The number of carboxylic acid groups (broad SMARTS) is 1. The van der Waals surface area contributed by atoms with Crippen molar-refractivity contribution in [3.05, 3.63) is 35.4 Å². The number of amides is 1. The third-order valence-corrected chi connectivity index (χ3v) is 2.48. The number of carbonyl (C=O) groups excluding carboxylic acids is 1. The predicted molar refractivity (Wildman–Crippen MR) is 73.0 cm³/mol. The first-order valence-electron chi connectivity index (χ1n) is 5.89. The van der Waals surface area contributed by atoms with E-state index in [-0.39, 0.29) is 12.5 Å². The summed E-state index contributed by atoms with van der Waals surface area (Å²) in [5.41, 5.74) is 2.44. The molecule has 0 fully saturated rings. The van der Waals surface area contributed by atoms with Crippen molar-refractivity contribution in [2.24, 2.45) is 0 Å². The van der Waals surface area contributed by atoms with Crippen molar-refractivity contribution in [2.75, 3.05) is 19.0 Å². The molecule has 0 spiro atoms. The highest BCUT2D eigenvalue weighted by molar-refractivity contribution is 5.92. The number of carboxylic acids is 1. The van der Waals surface area contributed by atoms with Gasteiger partial charge >= 0.3 is 5.97 Å². The molecule has 5 heteroatoms. The van der Waals surface area contributed by atoms with Crippen molar-refractivity contribution in [3.63, 3.8) is 0 Å². The minimum atomic E-state index is -0.990. The molecule has 0 aliphatic carbocycles. The molecular formula is C14H17NO4. The molecule has 1 amide bonds. The monoisotopic (exact) mass is 263 g/mol. The van der Waals surface area contributed by atoms with Gasteiger partial charge < -0.3 is 15.2 Å². The van der Waals surface area contributed by atoms with Gasteiger partial charge in [-0.2, -0.15) is 0 Å². The molecule has 102 valence electrons. The number of aryl methyl sites for hydroxylation is 1. The second-order valence-corrected chi connectivity index (χ2v) is 3.92. The van der Waals surface area contributed by atoms with Gasteiger partial charge in [0.1, 0.15) is 6.61 Å². The molecule has 0 aliphatic heterocycles. The van der Waals surface area contributed by atoms with Crippen LogP contribution in [0.5, 0.6) is 0 Å². The van der Waals surface area contributed by atoms with Crippen LogP contribution in [0.4, 0.5) is 5.69 Å². The van der Waals surface area contributed by atoms with Crippen molar-refractivity contribution < 1.29 is 19.4 Å². The molecule has 0 bridgehead atoms. The number of aliphatic carboxylic acids is 1. The van der Waals surface area contributed by atoms with Crippen LogP contribution >= 0.6 is 0 Å². The Bertz CT molecular complexity index is 494. The molecule has 0 heterocycles. The van der Waals surface area contributed by atoms with E-state index in [1.54, 1.807) is 12.1 Å². The summed E-state index contributed by atoms with van der Waals surface area (Å²) in [6.07, 6.45) is 3.33. The molecule has 2 N–H and O–H groups in total. The van der Waals surface area contributed by atoms with E-state index in [1.807, 2.05) is 13.0 Å². The van der Waals surface area contributed by atoms with E-state index in [1.165, 1.54) is 13.2 Å². The van der Waals surface area contributed by atoms with Crippen molar-refractivity contribution in [2.45, 2.75) is 13.3 Å². The first kappa shape index (κ1) is 14.9. The summed E-state index contributed by atoms with van der Waals surface area (Å²) >= 11 is 0. The first-order chi connectivity index (χ1) is 9.06. The molecule has 1 rings (SSSR count). The Morgan fingerprint density at radius 3 is 2.74 bits per heavy atom. The van der Waals surface area contributed by atoms with Gasteiger partial charge in [0.05, 0.1) is 0 Å². The normalized spacial score (nSPS) is 10.6. The summed E-state index contributed by atoms with van der Waals surface area (Å²) in [6, 6.07) is 5.36. The Morgan fingerprint density at radius 1 is 1.42 bits per heavy atom. The summed E-state index contributed by atoms with van der Waals surface area (Å²) in [5.74, 6) is -1.21. The van der Waals surface area contributed by atoms with Gasteiger partial charge in [-0.1, -0.05) is 13.0 Å². The van der Waals surface area contributed by atoms with Gasteiger partial charge in [-0.05, 0) is 35.8 Å². The Morgan fingerprint density at radius 2 is 2.16 bits per heavy atom. The molecule has 0 atom stereocenters. The average Bonchev–Trinajstić information content (AvgIpc) is 2.37. The maximum Gasteiger partial charge on any atom is 0.328 e. The molecule has 0 aliphatic rings. The molecular weight excluding hydrogens is 246 g/mol. The quantitative estimate of drug-likeness (QED) is 0.769. The van der Waals surface area contributed by atoms with E-state index in [9.17, 15) is 9.59 Å². The summed E-state index contributed by atoms with van der Waals surface area (Å²) in [7, 11) is 1.46. The fourth-order valence-electron chi connectivity index (χ4n) is 1.62. The van der Waals surface area contributed by atoms with Crippen molar-refractivity contribution in [1.82, 2.24) is 0 Å². The Labute approximate surface area is 111 Å². The SMILES string of the molecule is CCc1cc(/C=C/C(=O)O)ccc1NC(=O)COC. The Kier molecular flexibility index (Phi) is 5.75. The molecule has 0 unspecified atom stereocenters. The molecule has 0 saturated carbocycles. The van der Waals surface area contributed by atoms with E-state index in [0.29, 0.717) is 0 Å². The average molecular weight is 263 g/mol. The number of ether oxygens (including phenoxy) is 1. The van der Waals surface area contributed by atoms with E-state index >= 15 is 0 Å². The predicted octanol–water partition coefficient (Wildman–Crippen LogP) is 1.93. The van der Waals surface area contributed by atoms with Gasteiger partial charge in [-0.3, -0.25) is 4.79 Å². The highest BCUT2D eigenvalue weighted by atomic mass is 16.5. The second-order valence-electron chi connectivity index (χ2n) is 3.92. The molecule has 1 aromatic carbocycles. The largest absolute Gasteiger partial charge is 0.478 e. The van der Waals surface area contributed by atoms with Crippen molar-refractivity contribution >= 4 is 23.6 Å². The van der Waals surface area contributed by atoms with Gasteiger partial charge in [0, 0.05) is 18.9 Å². The summed E-state index contributed by atoms with van der Waals surface area (Å²) in [4.78, 5) is 21.9. The van der Waals surface area contributed by atoms with Crippen LogP contribution in [0.1, 0.15) is 18.1 Å². The van der Waals surface area contributed by atoms with Crippen LogP contribution < -0.4 is 5.32 Å². The van der Waals surface area contributed by atoms with Gasteiger partial charge in [-0.25, -0.2) is 4.79 Å². The number of hydrogen-bond donors (Lipinski definition) is 2. The lowest BCUT2D eigenvalue weighted by Crippen LogP contribution is -2.18. The molecule has 1 aromatic rings. The highest BCUT2D eigenvalue weighted by Crippen LogP contribution is 2.19. The summed E-state index contributed by atoms with van der Waals surface area (Å²) in [5, 5.41) is 11.3. The van der Waals surface area contributed by atoms with Crippen LogP contribution in [-0.2, 0) is 20.7 Å². The third kappa shape index (κ3) is 4.93. The molecule has 0 radical (unpaired) electrons. The fourth-order valence-corrected chi connectivity index (χ4v) is 1.62. The number of anilines is 1.